The highest BCUT2D eigenvalue weighted by atomic mass is 35.5. The van der Waals surface area contributed by atoms with Gasteiger partial charge in [0, 0.05) is 25.3 Å². The van der Waals surface area contributed by atoms with Crippen LogP contribution in [-0.4, -0.2) is 44.4 Å². The molecule has 8 heteroatoms. The molecule has 0 bridgehead atoms. The smallest absolute Gasteiger partial charge is 0.308 e. The third-order valence-electron chi connectivity index (χ3n) is 4.51. The second-order valence-corrected chi connectivity index (χ2v) is 6.14. The van der Waals surface area contributed by atoms with Gasteiger partial charge in [-0.25, -0.2) is 4.98 Å². The number of rotatable bonds is 3. The summed E-state index contributed by atoms with van der Waals surface area (Å²) in [6, 6.07) is 0.0860. The van der Waals surface area contributed by atoms with Gasteiger partial charge < -0.3 is 15.7 Å². The van der Waals surface area contributed by atoms with Crippen molar-refractivity contribution in [3.05, 3.63) is 22.7 Å². The number of nitrogens with zero attached hydrogens (tertiary/aromatic N) is 3. The number of carbonyl (C=O) groups excluding carboxylic acids is 1. The average molecular weight is 325 g/mol. The first-order valence-electron chi connectivity index (χ1n) is 7.26. The molecule has 3 atom stereocenters. The van der Waals surface area contributed by atoms with Crippen LogP contribution in [0.25, 0.3) is 0 Å². The summed E-state index contributed by atoms with van der Waals surface area (Å²) in [5, 5.41) is 9.36. The summed E-state index contributed by atoms with van der Waals surface area (Å²) in [6.45, 7) is 0.469. The van der Waals surface area contributed by atoms with E-state index in [-0.39, 0.29) is 30.2 Å². The Kier molecular flexibility index (Phi) is 4.01. The first-order valence-corrected chi connectivity index (χ1v) is 7.63. The number of hydrogen-bond donors (Lipinski definition) is 2. The molecule has 0 saturated carbocycles. The lowest BCUT2D eigenvalue weighted by Gasteiger charge is -2.33. The number of fused-ring (bicyclic) bond motifs is 1. The van der Waals surface area contributed by atoms with E-state index in [9.17, 15) is 9.59 Å². The maximum Gasteiger partial charge on any atom is 0.308 e. The van der Waals surface area contributed by atoms with E-state index < -0.39 is 17.8 Å². The third-order valence-corrected chi connectivity index (χ3v) is 4.82. The zero-order valence-electron chi connectivity index (χ0n) is 11.9. The summed E-state index contributed by atoms with van der Waals surface area (Å²) >= 11 is 6.02. The predicted molar refractivity (Wildman–Crippen MR) is 78.2 cm³/mol. The molecule has 1 amide bonds. The van der Waals surface area contributed by atoms with Gasteiger partial charge in [-0.3, -0.25) is 14.6 Å². The third kappa shape index (κ3) is 2.55. The molecule has 1 aromatic heterocycles. The second kappa shape index (κ2) is 5.81. The van der Waals surface area contributed by atoms with E-state index in [0.29, 0.717) is 30.7 Å². The molecule has 3 heterocycles. The molecule has 118 valence electrons. The highest BCUT2D eigenvalue weighted by molar-refractivity contribution is 6.30. The van der Waals surface area contributed by atoms with Crippen molar-refractivity contribution in [3.63, 3.8) is 0 Å². The molecular formula is C14H17ClN4O3. The van der Waals surface area contributed by atoms with Crippen LogP contribution in [0.5, 0.6) is 0 Å². The topological polar surface area (TPSA) is 109 Å². The van der Waals surface area contributed by atoms with Crippen molar-refractivity contribution in [2.75, 3.05) is 6.54 Å². The summed E-state index contributed by atoms with van der Waals surface area (Å²) in [4.78, 5) is 33.8. The van der Waals surface area contributed by atoms with Gasteiger partial charge in [0.1, 0.15) is 0 Å². The van der Waals surface area contributed by atoms with Crippen LogP contribution in [0, 0.1) is 5.92 Å². The molecule has 2 aliphatic heterocycles. The SMILES string of the molecule is NCc1ncc(C2CC3CC[C@H](C(=O)O)CN3C2=O)nc1Cl. The molecule has 2 aliphatic rings. The van der Waals surface area contributed by atoms with E-state index in [1.165, 1.54) is 0 Å². The highest BCUT2D eigenvalue weighted by Crippen LogP contribution is 2.38. The lowest BCUT2D eigenvalue weighted by Crippen LogP contribution is -2.44. The van der Waals surface area contributed by atoms with Crippen LogP contribution >= 0.6 is 11.6 Å². The van der Waals surface area contributed by atoms with Crippen molar-refractivity contribution in [2.45, 2.75) is 37.8 Å². The number of aromatic nitrogens is 2. The Labute approximate surface area is 132 Å². The van der Waals surface area contributed by atoms with Crippen LogP contribution in [0.4, 0.5) is 0 Å². The Balaban J connectivity index is 1.81. The van der Waals surface area contributed by atoms with Gasteiger partial charge in [-0.15, -0.1) is 0 Å². The van der Waals surface area contributed by atoms with E-state index >= 15 is 0 Å². The van der Waals surface area contributed by atoms with Gasteiger partial charge in [0.05, 0.1) is 23.2 Å². The van der Waals surface area contributed by atoms with Gasteiger partial charge in [0.15, 0.2) is 5.15 Å². The minimum absolute atomic E-state index is 0.0817. The number of piperidine rings is 1. The molecule has 0 radical (unpaired) electrons. The molecular weight excluding hydrogens is 308 g/mol. The van der Waals surface area contributed by atoms with E-state index in [2.05, 4.69) is 9.97 Å². The molecule has 0 aromatic carbocycles. The van der Waals surface area contributed by atoms with Gasteiger partial charge in [-0.1, -0.05) is 11.6 Å². The van der Waals surface area contributed by atoms with Gasteiger partial charge in [0.25, 0.3) is 0 Å². The molecule has 7 nitrogen and oxygen atoms in total. The summed E-state index contributed by atoms with van der Waals surface area (Å²) in [5.74, 6) is -1.80. The fourth-order valence-electron chi connectivity index (χ4n) is 3.27. The molecule has 2 unspecified atom stereocenters. The Bertz CT molecular complexity index is 624. The first-order chi connectivity index (χ1) is 10.5. The van der Waals surface area contributed by atoms with Crippen LogP contribution in [-0.2, 0) is 16.1 Å². The lowest BCUT2D eigenvalue weighted by molar-refractivity contribution is -0.145. The molecule has 0 spiro atoms. The number of carbonyl (C=O) groups is 2. The number of carboxylic acids is 1. The van der Waals surface area contributed by atoms with E-state index in [1.54, 1.807) is 11.1 Å². The zero-order valence-corrected chi connectivity index (χ0v) is 12.7. The predicted octanol–water partition coefficient (Wildman–Crippen LogP) is 0.768. The van der Waals surface area contributed by atoms with E-state index in [0.717, 1.165) is 0 Å². The average Bonchev–Trinajstić information content (AvgIpc) is 2.84. The lowest BCUT2D eigenvalue weighted by atomic mass is 9.92. The summed E-state index contributed by atoms with van der Waals surface area (Å²) < 4.78 is 0. The maximum absolute atomic E-state index is 12.6. The summed E-state index contributed by atoms with van der Waals surface area (Å²) in [6.07, 6.45) is 3.50. The molecule has 2 fully saturated rings. The molecule has 3 N–H and O–H groups in total. The van der Waals surface area contributed by atoms with Crippen LogP contribution in [0.1, 0.15) is 36.6 Å². The first kappa shape index (κ1) is 15.2. The monoisotopic (exact) mass is 324 g/mol. The van der Waals surface area contributed by atoms with Gasteiger partial charge in [0.2, 0.25) is 5.91 Å². The van der Waals surface area contributed by atoms with Crippen molar-refractivity contribution in [3.8, 4) is 0 Å². The fraction of sp³-hybridized carbons (Fsp3) is 0.571. The minimum Gasteiger partial charge on any atom is -0.481 e. The maximum atomic E-state index is 12.6. The van der Waals surface area contributed by atoms with E-state index in [4.69, 9.17) is 22.4 Å². The van der Waals surface area contributed by atoms with Crippen molar-refractivity contribution < 1.29 is 14.7 Å². The standard InChI is InChI=1S/C14H17ClN4O3/c15-12-10(4-16)17-5-11(18-12)9-3-8-2-1-7(14(21)22)6-19(8)13(9)20/h5,7-9H,1-4,6,16H2,(H,21,22)/t7-,8?,9?/m0/s1. The van der Waals surface area contributed by atoms with E-state index in [1.807, 2.05) is 0 Å². The quantitative estimate of drug-likeness (QED) is 0.849. The van der Waals surface area contributed by atoms with Crippen molar-refractivity contribution in [1.82, 2.24) is 14.9 Å². The van der Waals surface area contributed by atoms with Gasteiger partial charge in [-0.2, -0.15) is 0 Å². The second-order valence-electron chi connectivity index (χ2n) is 5.78. The molecule has 0 aliphatic carbocycles. The number of nitrogens with two attached hydrogens (primary N) is 1. The zero-order chi connectivity index (χ0) is 15.9. The Morgan fingerprint density at radius 1 is 1.50 bits per heavy atom. The fourth-order valence-corrected chi connectivity index (χ4v) is 3.50. The normalized spacial score (nSPS) is 27.8. The Hall–Kier alpha value is -1.73. The number of halogens is 1. The number of amides is 1. The van der Waals surface area contributed by atoms with Crippen LogP contribution in [0.2, 0.25) is 5.15 Å². The van der Waals surface area contributed by atoms with Crippen molar-refractivity contribution in [1.29, 1.82) is 0 Å². The molecule has 22 heavy (non-hydrogen) atoms. The van der Waals surface area contributed by atoms with Crippen molar-refractivity contribution in [2.24, 2.45) is 11.7 Å². The Morgan fingerprint density at radius 2 is 2.27 bits per heavy atom. The van der Waals surface area contributed by atoms with Crippen LogP contribution in [0.15, 0.2) is 6.20 Å². The number of hydrogen-bond acceptors (Lipinski definition) is 5. The molecule has 1 aromatic rings. The van der Waals surface area contributed by atoms with Crippen LogP contribution < -0.4 is 5.73 Å². The molecule has 3 rings (SSSR count). The van der Waals surface area contributed by atoms with Gasteiger partial charge in [-0.05, 0) is 19.3 Å². The van der Waals surface area contributed by atoms with Crippen LogP contribution in [0.3, 0.4) is 0 Å². The largest absolute Gasteiger partial charge is 0.481 e. The van der Waals surface area contributed by atoms with Crippen molar-refractivity contribution >= 4 is 23.5 Å². The highest BCUT2D eigenvalue weighted by Gasteiger charge is 2.45. The van der Waals surface area contributed by atoms with Gasteiger partial charge >= 0.3 is 5.97 Å². The summed E-state index contributed by atoms with van der Waals surface area (Å²) in [5.41, 5.74) is 6.54. The minimum atomic E-state index is -0.843. The molecule has 2 saturated heterocycles. The Morgan fingerprint density at radius 3 is 2.91 bits per heavy atom. The number of aliphatic carboxylic acids is 1. The number of carboxylic acid groups (broad SMARTS) is 1. The summed E-state index contributed by atoms with van der Waals surface area (Å²) in [7, 11) is 0.